The summed E-state index contributed by atoms with van der Waals surface area (Å²) >= 11 is 5.80. The molecule has 1 atom stereocenters. The smallest absolute Gasteiger partial charge is 0.387 e. The molecular formula is C14H12ClF2N3O4. The van der Waals surface area contributed by atoms with Crippen molar-refractivity contribution in [2.24, 2.45) is 0 Å². The Morgan fingerprint density at radius 2 is 2.08 bits per heavy atom. The molecule has 2 aromatic rings. The highest BCUT2D eigenvalue weighted by atomic mass is 35.5. The maximum Gasteiger partial charge on any atom is 0.387 e. The number of benzene rings is 1. The average Bonchev–Trinajstić information content (AvgIpc) is 2.98. The van der Waals surface area contributed by atoms with Crippen LogP contribution in [0.25, 0.3) is 0 Å². The standard InChI is InChI=1S/C14H12ClF2N3O4/c1-7(20-10(13(22)23)4-5-18-20)12(21)19-8-2-3-11(9(15)6-8)24-14(16)17/h2-7,14H,1H3,(H,19,21)(H,22,23). The quantitative estimate of drug-likeness (QED) is 0.826. The lowest BCUT2D eigenvalue weighted by Crippen LogP contribution is -2.26. The number of aromatic nitrogens is 2. The molecule has 24 heavy (non-hydrogen) atoms. The first-order valence-electron chi connectivity index (χ1n) is 6.61. The van der Waals surface area contributed by atoms with Crippen LogP contribution in [0.2, 0.25) is 5.02 Å². The van der Waals surface area contributed by atoms with Crippen molar-refractivity contribution in [3.05, 3.63) is 41.2 Å². The summed E-state index contributed by atoms with van der Waals surface area (Å²) in [4.78, 5) is 23.3. The highest BCUT2D eigenvalue weighted by Crippen LogP contribution is 2.29. The topological polar surface area (TPSA) is 93.5 Å². The predicted molar refractivity (Wildman–Crippen MR) is 80.6 cm³/mol. The number of carbonyl (C=O) groups excluding carboxylic acids is 1. The fourth-order valence-corrected chi connectivity index (χ4v) is 2.15. The first-order valence-corrected chi connectivity index (χ1v) is 6.99. The van der Waals surface area contributed by atoms with E-state index >= 15 is 0 Å². The lowest BCUT2D eigenvalue weighted by molar-refractivity contribution is -0.119. The van der Waals surface area contributed by atoms with Crippen LogP contribution in [0.5, 0.6) is 5.75 Å². The zero-order valence-electron chi connectivity index (χ0n) is 12.2. The number of alkyl halides is 2. The Hall–Kier alpha value is -2.68. The van der Waals surface area contributed by atoms with E-state index in [1.54, 1.807) is 0 Å². The molecule has 0 spiro atoms. The largest absolute Gasteiger partial charge is 0.477 e. The molecule has 1 heterocycles. The van der Waals surface area contributed by atoms with Gasteiger partial charge < -0.3 is 15.2 Å². The monoisotopic (exact) mass is 359 g/mol. The maximum absolute atomic E-state index is 12.2. The van der Waals surface area contributed by atoms with E-state index in [-0.39, 0.29) is 22.2 Å². The molecule has 1 aromatic heterocycles. The Kier molecular flexibility index (Phi) is 5.35. The van der Waals surface area contributed by atoms with Crippen molar-refractivity contribution in [2.45, 2.75) is 19.6 Å². The number of carboxylic acids is 1. The van der Waals surface area contributed by atoms with Crippen LogP contribution in [0.4, 0.5) is 14.5 Å². The maximum atomic E-state index is 12.2. The number of halogens is 3. The predicted octanol–water partition coefficient (Wildman–Crippen LogP) is 3.04. The van der Waals surface area contributed by atoms with Gasteiger partial charge in [0.15, 0.2) is 0 Å². The minimum atomic E-state index is -3.02. The molecule has 1 aromatic carbocycles. The Morgan fingerprint density at radius 3 is 2.67 bits per heavy atom. The van der Waals surface area contributed by atoms with E-state index in [1.165, 1.54) is 37.4 Å². The van der Waals surface area contributed by atoms with Crippen molar-refractivity contribution >= 4 is 29.2 Å². The van der Waals surface area contributed by atoms with Crippen molar-refractivity contribution in [3.63, 3.8) is 0 Å². The molecule has 2 N–H and O–H groups in total. The summed E-state index contributed by atoms with van der Waals surface area (Å²) in [6.45, 7) is -1.55. The van der Waals surface area contributed by atoms with E-state index in [9.17, 15) is 18.4 Å². The first-order chi connectivity index (χ1) is 11.3. The molecule has 0 saturated carbocycles. The Balaban J connectivity index is 2.13. The molecule has 0 aliphatic heterocycles. The molecule has 1 amide bonds. The average molecular weight is 360 g/mol. The van der Waals surface area contributed by atoms with Gasteiger partial charge in [-0.25, -0.2) is 9.48 Å². The van der Waals surface area contributed by atoms with Gasteiger partial charge in [-0.3, -0.25) is 4.79 Å². The number of carbonyl (C=O) groups is 2. The zero-order valence-corrected chi connectivity index (χ0v) is 13.0. The van der Waals surface area contributed by atoms with Gasteiger partial charge in [-0.15, -0.1) is 0 Å². The third-order valence-electron chi connectivity index (χ3n) is 3.05. The molecule has 10 heteroatoms. The number of nitrogens with zero attached hydrogens (tertiary/aromatic N) is 2. The lowest BCUT2D eigenvalue weighted by atomic mass is 10.2. The van der Waals surface area contributed by atoms with Gasteiger partial charge in [0.05, 0.1) is 5.02 Å². The Bertz CT molecular complexity index is 766. The third kappa shape index (κ3) is 3.99. The van der Waals surface area contributed by atoms with E-state index in [0.29, 0.717) is 0 Å². The van der Waals surface area contributed by atoms with Gasteiger partial charge in [-0.1, -0.05) is 11.6 Å². The highest BCUT2D eigenvalue weighted by molar-refractivity contribution is 6.32. The number of rotatable bonds is 6. The first kappa shape index (κ1) is 17.7. The molecule has 0 bridgehead atoms. The van der Waals surface area contributed by atoms with E-state index < -0.39 is 24.5 Å². The van der Waals surface area contributed by atoms with Crippen LogP contribution in [0.15, 0.2) is 30.5 Å². The highest BCUT2D eigenvalue weighted by Gasteiger charge is 2.21. The number of nitrogens with one attached hydrogen (secondary N) is 1. The van der Waals surface area contributed by atoms with Crippen molar-refractivity contribution < 1.29 is 28.2 Å². The second kappa shape index (κ2) is 7.26. The third-order valence-corrected chi connectivity index (χ3v) is 3.35. The summed E-state index contributed by atoms with van der Waals surface area (Å²) < 4.78 is 29.6. The van der Waals surface area contributed by atoms with Crippen LogP contribution in [0.3, 0.4) is 0 Å². The molecule has 0 aliphatic rings. The molecule has 7 nitrogen and oxygen atoms in total. The molecular weight excluding hydrogens is 348 g/mol. The summed E-state index contributed by atoms with van der Waals surface area (Å²) in [7, 11) is 0. The van der Waals surface area contributed by atoms with Crippen LogP contribution in [0, 0.1) is 0 Å². The number of amides is 1. The lowest BCUT2D eigenvalue weighted by Gasteiger charge is -2.15. The molecule has 128 valence electrons. The second-order valence-electron chi connectivity index (χ2n) is 4.66. The fraction of sp³-hybridized carbons (Fsp3) is 0.214. The summed E-state index contributed by atoms with van der Waals surface area (Å²) in [6, 6.07) is 4.10. The van der Waals surface area contributed by atoms with Crippen LogP contribution >= 0.6 is 11.6 Å². The molecule has 1 unspecified atom stereocenters. The van der Waals surface area contributed by atoms with Gasteiger partial charge in [0, 0.05) is 11.9 Å². The summed E-state index contributed by atoms with van der Waals surface area (Å²) in [5.41, 5.74) is 0.0962. The minimum absolute atomic E-state index is 0.105. The van der Waals surface area contributed by atoms with E-state index in [0.717, 1.165) is 4.68 Å². The number of hydrogen-bond acceptors (Lipinski definition) is 4. The van der Waals surface area contributed by atoms with Crippen molar-refractivity contribution in [3.8, 4) is 5.75 Å². The van der Waals surface area contributed by atoms with Crippen LogP contribution < -0.4 is 10.1 Å². The van der Waals surface area contributed by atoms with E-state index in [2.05, 4.69) is 15.2 Å². The SMILES string of the molecule is CC(C(=O)Nc1ccc(OC(F)F)c(Cl)c1)n1nccc1C(=O)O. The van der Waals surface area contributed by atoms with Crippen molar-refractivity contribution in [1.82, 2.24) is 9.78 Å². The molecule has 2 rings (SSSR count). The van der Waals surface area contributed by atoms with Crippen molar-refractivity contribution in [1.29, 1.82) is 0 Å². The second-order valence-corrected chi connectivity index (χ2v) is 5.06. The van der Waals surface area contributed by atoms with Crippen molar-refractivity contribution in [2.75, 3.05) is 5.32 Å². The van der Waals surface area contributed by atoms with Gasteiger partial charge in [0.25, 0.3) is 0 Å². The summed E-state index contributed by atoms with van der Waals surface area (Å²) in [5.74, 6) is -2.00. The molecule has 0 aliphatic carbocycles. The van der Waals surface area contributed by atoms with Gasteiger partial charge >= 0.3 is 12.6 Å². The summed E-state index contributed by atoms with van der Waals surface area (Å²) in [6.07, 6.45) is 1.26. The van der Waals surface area contributed by atoms with Gasteiger partial charge in [-0.05, 0) is 31.2 Å². The Morgan fingerprint density at radius 1 is 1.38 bits per heavy atom. The van der Waals surface area contributed by atoms with E-state index in [4.69, 9.17) is 16.7 Å². The summed E-state index contributed by atoms with van der Waals surface area (Å²) in [5, 5.41) is 15.2. The van der Waals surface area contributed by atoms with Gasteiger partial charge in [-0.2, -0.15) is 13.9 Å². The molecule has 0 radical (unpaired) electrons. The zero-order chi connectivity index (χ0) is 17.9. The fourth-order valence-electron chi connectivity index (χ4n) is 1.92. The minimum Gasteiger partial charge on any atom is -0.477 e. The van der Waals surface area contributed by atoms with Crippen LogP contribution in [-0.4, -0.2) is 33.4 Å². The number of carboxylic acid groups (broad SMARTS) is 1. The molecule has 0 fully saturated rings. The van der Waals surface area contributed by atoms with Gasteiger partial charge in [0.1, 0.15) is 17.5 Å². The van der Waals surface area contributed by atoms with E-state index in [1.807, 2.05) is 0 Å². The number of ether oxygens (including phenoxy) is 1. The molecule has 0 saturated heterocycles. The Labute approximate surface area is 139 Å². The number of anilines is 1. The van der Waals surface area contributed by atoms with Crippen LogP contribution in [0.1, 0.15) is 23.5 Å². The number of aromatic carboxylic acids is 1. The van der Waals surface area contributed by atoms with Gasteiger partial charge in [0.2, 0.25) is 5.91 Å². The normalized spacial score (nSPS) is 12.0. The van der Waals surface area contributed by atoms with Crippen LogP contribution in [-0.2, 0) is 4.79 Å². The number of hydrogen-bond donors (Lipinski definition) is 2.